The molecule has 0 unspecified atom stereocenters. The first-order valence-electron chi connectivity index (χ1n) is 8.76. The summed E-state index contributed by atoms with van der Waals surface area (Å²) in [6.07, 6.45) is 0. The van der Waals surface area contributed by atoms with E-state index in [4.69, 9.17) is 9.26 Å². The molecule has 0 saturated carbocycles. The summed E-state index contributed by atoms with van der Waals surface area (Å²) in [5.41, 5.74) is 1.71. The van der Waals surface area contributed by atoms with E-state index in [1.54, 1.807) is 6.07 Å². The molecule has 8 nitrogen and oxygen atoms in total. The highest BCUT2D eigenvalue weighted by Crippen LogP contribution is 2.16. The quantitative estimate of drug-likeness (QED) is 0.579. The predicted molar refractivity (Wildman–Crippen MR) is 102 cm³/mol. The van der Waals surface area contributed by atoms with Gasteiger partial charge in [0.2, 0.25) is 5.82 Å². The van der Waals surface area contributed by atoms with Gasteiger partial charge in [-0.3, -0.25) is 9.59 Å². The first kappa shape index (κ1) is 19.1. The lowest BCUT2D eigenvalue weighted by Crippen LogP contribution is -2.36. The number of hydrogen-bond donors (Lipinski definition) is 2. The molecule has 2 amide bonds. The van der Waals surface area contributed by atoms with Crippen molar-refractivity contribution in [1.82, 2.24) is 20.8 Å². The maximum absolute atomic E-state index is 12.0. The molecule has 1 heterocycles. The lowest BCUT2D eigenvalue weighted by atomic mass is 10.2. The highest BCUT2D eigenvalue weighted by Gasteiger charge is 2.15. The first-order valence-corrected chi connectivity index (χ1v) is 8.76. The van der Waals surface area contributed by atoms with Crippen LogP contribution in [0, 0.1) is 6.92 Å². The molecule has 8 heteroatoms. The molecule has 0 fully saturated rings. The zero-order valence-corrected chi connectivity index (χ0v) is 15.3. The summed E-state index contributed by atoms with van der Waals surface area (Å²) >= 11 is 0. The van der Waals surface area contributed by atoms with Gasteiger partial charge in [-0.15, -0.1) is 0 Å². The van der Waals surface area contributed by atoms with Crippen LogP contribution < -0.4 is 15.4 Å². The summed E-state index contributed by atoms with van der Waals surface area (Å²) < 4.78 is 10.4. The van der Waals surface area contributed by atoms with Crippen molar-refractivity contribution in [3.05, 3.63) is 66.1 Å². The molecule has 0 aliphatic heterocycles. The van der Waals surface area contributed by atoms with Gasteiger partial charge in [0.1, 0.15) is 5.75 Å². The van der Waals surface area contributed by atoms with Crippen molar-refractivity contribution in [2.75, 3.05) is 19.7 Å². The summed E-state index contributed by atoms with van der Waals surface area (Å²) in [6.45, 7) is 2.28. The van der Waals surface area contributed by atoms with Crippen LogP contribution >= 0.6 is 0 Å². The summed E-state index contributed by atoms with van der Waals surface area (Å²) in [7, 11) is 0. The highest BCUT2D eigenvalue weighted by atomic mass is 16.5. The molecule has 0 atom stereocenters. The number of aryl methyl sites for hydroxylation is 1. The van der Waals surface area contributed by atoms with Gasteiger partial charge in [0, 0.05) is 18.7 Å². The molecular formula is C20H20N4O4. The van der Waals surface area contributed by atoms with Crippen LogP contribution in [-0.2, 0) is 4.79 Å². The number of carbonyl (C=O) groups excluding carboxylic acids is 2. The molecule has 0 aliphatic carbocycles. The van der Waals surface area contributed by atoms with Gasteiger partial charge in [-0.25, -0.2) is 0 Å². The SMILES string of the molecule is Cc1ccccc1OCC(=O)NCCNC(=O)c1nc(-c2ccccc2)no1. The molecule has 3 aromatic rings. The Hall–Kier alpha value is -3.68. The maximum atomic E-state index is 12.0. The van der Waals surface area contributed by atoms with Crippen LogP contribution in [0.1, 0.15) is 16.2 Å². The summed E-state index contributed by atoms with van der Waals surface area (Å²) in [6, 6.07) is 16.7. The zero-order chi connectivity index (χ0) is 19.8. The van der Waals surface area contributed by atoms with E-state index in [9.17, 15) is 9.59 Å². The molecule has 0 saturated heterocycles. The molecule has 2 N–H and O–H groups in total. The Balaban J connectivity index is 1.38. The van der Waals surface area contributed by atoms with E-state index in [1.807, 2.05) is 55.5 Å². The minimum absolute atomic E-state index is 0.0944. The van der Waals surface area contributed by atoms with Gasteiger partial charge in [0.25, 0.3) is 5.91 Å². The van der Waals surface area contributed by atoms with Gasteiger partial charge in [-0.2, -0.15) is 4.98 Å². The average molecular weight is 380 g/mol. The number of carbonyl (C=O) groups is 2. The first-order chi connectivity index (χ1) is 13.6. The number of hydrogen-bond acceptors (Lipinski definition) is 6. The van der Waals surface area contributed by atoms with Crippen molar-refractivity contribution < 1.29 is 18.8 Å². The molecular weight excluding hydrogens is 360 g/mol. The van der Waals surface area contributed by atoms with Crippen LogP contribution in [0.25, 0.3) is 11.4 Å². The number of benzene rings is 2. The van der Waals surface area contributed by atoms with E-state index < -0.39 is 5.91 Å². The number of amides is 2. The number of nitrogens with one attached hydrogen (secondary N) is 2. The molecule has 0 radical (unpaired) electrons. The van der Waals surface area contributed by atoms with E-state index in [1.165, 1.54) is 0 Å². The molecule has 28 heavy (non-hydrogen) atoms. The Morgan fingerprint density at radius 1 is 1.00 bits per heavy atom. The Kier molecular flexibility index (Phi) is 6.35. The lowest BCUT2D eigenvalue weighted by molar-refractivity contribution is -0.123. The number of ether oxygens (including phenoxy) is 1. The average Bonchev–Trinajstić information content (AvgIpc) is 3.21. The Morgan fingerprint density at radius 3 is 2.50 bits per heavy atom. The van der Waals surface area contributed by atoms with Gasteiger partial charge >= 0.3 is 11.8 Å². The Bertz CT molecular complexity index is 940. The lowest BCUT2D eigenvalue weighted by Gasteiger charge is -2.09. The third-order valence-electron chi connectivity index (χ3n) is 3.84. The third kappa shape index (κ3) is 5.16. The van der Waals surface area contributed by atoms with Crippen molar-refractivity contribution in [2.24, 2.45) is 0 Å². The van der Waals surface area contributed by atoms with Crippen LogP contribution in [0.15, 0.2) is 59.1 Å². The van der Waals surface area contributed by atoms with Crippen molar-refractivity contribution >= 4 is 11.8 Å². The molecule has 1 aromatic heterocycles. The van der Waals surface area contributed by atoms with Gasteiger partial charge in [0.15, 0.2) is 6.61 Å². The van der Waals surface area contributed by atoms with Crippen LogP contribution in [0.3, 0.4) is 0 Å². The van der Waals surface area contributed by atoms with Gasteiger partial charge in [-0.05, 0) is 18.6 Å². The van der Waals surface area contributed by atoms with E-state index in [0.29, 0.717) is 11.6 Å². The second kappa shape index (κ2) is 9.31. The molecule has 0 spiro atoms. The Morgan fingerprint density at radius 2 is 1.71 bits per heavy atom. The molecule has 0 bridgehead atoms. The van der Waals surface area contributed by atoms with Crippen molar-refractivity contribution in [1.29, 1.82) is 0 Å². The van der Waals surface area contributed by atoms with Crippen LogP contribution in [0.5, 0.6) is 5.75 Å². The van der Waals surface area contributed by atoms with E-state index in [2.05, 4.69) is 20.8 Å². The number of para-hydroxylation sites is 1. The molecule has 3 rings (SSSR count). The van der Waals surface area contributed by atoms with Crippen LogP contribution in [-0.4, -0.2) is 41.7 Å². The van der Waals surface area contributed by atoms with Gasteiger partial charge < -0.3 is 19.9 Å². The molecule has 2 aromatic carbocycles. The molecule has 144 valence electrons. The number of aromatic nitrogens is 2. The van der Waals surface area contributed by atoms with Crippen LogP contribution in [0.2, 0.25) is 0 Å². The predicted octanol–water partition coefficient (Wildman–Crippen LogP) is 1.97. The van der Waals surface area contributed by atoms with Crippen molar-refractivity contribution in [3.8, 4) is 17.1 Å². The second-order valence-electron chi connectivity index (χ2n) is 5.95. The number of nitrogens with zero attached hydrogens (tertiary/aromatic N) is 2. The van der Waals surface area contributed by atoms with E-state index in [0.717, 1.165) is 11.1 Å². The fourth-order valence-corrected chi connectivity index (χ4v) is 2.39. The van der Waals surface area contributed by atoms with E-state index in [-0.39, 0.29) is 31.5 Å². The second-order valence-corrected chi connectivity index (χ2v) is 5.95. The fraction of sp³-hybridized carbons (Fsp3) is 0.200. The molecule has 0 aliphatic rings. The van der Waals surface area contributed by atoms with Crippen LogP contribution in [0.4, 0.5) is 0 Å². The fourth-order valence-electron chi connectivity index (χ4n) is 2.39. The minimum Gasteiger partial charge on any atom is -0.484 e. The zero-order valence-electron chi connectivity index (χ0n) is 15.3. The normalized spacial score (nSPS) is 10.3. The van der Waals surface area contributed by atoms with Crippen molar-refractivity contribution in [2.45, 2.75) is 6.92 Å². The van der Waals surface area contributed by atoms with E-state index >= 15 is 0 Å². The summed E-state index contributed by atoms with van der Waals surface area (Å²) in [5.74, 6) is 0.0961. The topological polar surface area (TPSA) is 106 Å². The highest BCUT2D eigenvalue weighted by molar-refractivity contribution is 5.89. The van der Waals surface area contributed by atoms with Gasteiger partial charge in [0.05, 0.1) is 0 Å². The maximum Gasteiger partial charge on any atom is 0.316 e. The minimum atomic E-state index is -0.500. The smallest absolute Gasteiger partial charge is 0.316 e. The van der Waals surface area contributed by atoms with Crippen molar-refractivity contribution in [3.63, 3.8) is 0 Å². The largest absolute Gasteiger partial charge is 0.484 e. The number of rotatable bonds is 8. The summed E-state index contributed by atoms with van der Waals surface area (Å²) in [4.78, 5) is 27.9. The standard InChI is InChI=1S/C20H20N4O4/c1-14-7-5-6-10-16(14)27-13-17(25)21-11-12-22-19(26)20-23-18(24-28-20)15-8-3-2-4-9-15/h2-10H,11-13H2,1H3,(H,21,25)(H,22,26). The third-order valence-corrected chi connectivity index (χ3v) is 3.84. The van der Waals surface area contributed by atoms with Gasteiger partial charge in [-0.1, -0.05) is 53.7 Å². The Labute approximate surface area is 161 Å². The summed E-state index contributed by atoms with van der Waals surface area (Å²) in [5, 5.41) is 9.07. The monoisotopic (exact) mass is 380 g/mol.